The first-order valence-electron chi connectivity index (χ1n) is 8.98. The van der Waals surface area contributed by atoms with E-state index >= 15 is 0 Å². The molecule has 3 aromatic carbocycles. The van der Waals surface area contributed by atoms with Gasteiger partial charge in [-0.15, -0.1) is 0 Å². The summed E-state index contributed by atoms with van der Waals surface area (Å²) in [5.41, 5.74) is 4.21. The van der Waals surface area contributed by atoms with Crippen LogP contribution in [-0.2, 0) is 12.8 Å². The zero-order valence-corrected chi connectivity index (χ0v) is 14.6. The zero-order chi connectivity index (χ0) is 17.8. The summed E-state index contributed by atoms with van der Waals surface area (Å²) < 4.78 is 5.80. The normalized spacial score (nSPS) is 12.7. The van der Waals surface area contributed by atoms with Crippen LogP contribution in [0.4, 0.5) is 5.69 Å². The Bertz CT molecular complexity index is 888. The van der Waals surface area contributed by atoms with Crippen LogP contribution in [0.15, 0.2) is 78.9 Å². The standard InChI is InChI=1S/C23H21NO2/c25-23(24-16-14-19-8-4-5-9-22(19)24)20-10-12-21(13-11-20)26-17-15-18-6-2-1-3-7-18/h1-13H,14-17H2. The topological polar surface area (TPSA) is 29.5 Å². The van der Waals surface area contributed by atoms with Crippen LogP contribution in [0.3, 0.4) is 0 Å². The number of ether oxygens (including phenoxy) is 1. The van der Waals surface area contributed by atoms with E-state index in [0.29, 0.717) is 12.2 Å². The second kappa shape index (κ2) is 7.44. The molecule has 1 amide bonds. The van der Waals surface area contributed by atoms with E-state index in [1.54, 1.807) is 0 Å². The number of hydrogen-bond acceptors (Lipinski definition) is 2. The summed E-state index contributed by atoms with van der Waals surface area (Å²) in [5.74, 6) is 0.838. The lowest BCUT2D eigenvalue weighted by molar-refractivity contribution is 0.0989. The van der Waals surface area contributed by atoms with Crippen molar-refractivity contribution in [2.24, 2.45) is 0 Å². The number of carbonyl (C=O) groups excluding carboxylic acids is 1. The van der Waals surface area contributed by atoms with Gasteiger partial charge in [0.1, 0.15) is 5.75 Å². The van der Waals surface area contributed by atoms with Gasteiger partial charge in [0, 0.05) is 24.2 Å². The summed E-state index contributed by atoms with van der Waals surface area (Å²) in [6.45, 7) is 1.37. The summed E-state index contributed by atoms with van der Waals surface area (Å²) >= 11 is 0. The van der Waals surface area contributed by atoms with E-state index in [-0.39, 0.29) is 5.91 Å². The Morgan fingerprint density at radius 2 is 1.62 bits per heavy atom. The molecule has 26 heavy (non-hydrogen) atoms. The number of anilines is 1. The second-order valence-corrected chi connectivity index (χ2v) is 6.44. The van der Waals surface area contributed by atoms with Crippen molar-refractivity contribution in [2.45, 2.75) is 12.8 Å². The Kier molecular flexibility index (Phi) is 4.69. The monoisotopic (exact) mass is 343 g/mol. The van der Waals surface area contributed by atoms with Crippen molar-refractivity contribution in [3.8, 4) is 5.75 Å². The second-order valence-electron chi connectivity index (χ2n) is 6.44. The van der Waals surface area contributed by atoms with Gasteiger partial charge in [0.05, 0.1) is 6.61 Å². The van der Waals surface area contributed by atoms with Gasteiger partial charge in [0.15, 0.2) is 0 Å². The van der Waals surface area contributed by atoms with E-state index in [0.717, 1.165) is 30.8 Å². The summed E-state index contributed by atoms with van der Waals surface area (Å²) in [5, 5.41) is 0. The van der Waals surface area contributed by atoms with Gasteiger partial charge in [-0.2, -0.15) is 0 Å². The zero-order valence-electron chi connectivity index (χ0n) is 14.6. The van der Waals surface area contributed by atoms with Crippen LogP contribution in [-0.4, -0.2) is 19.1 Å². The molecule has 0 aromatic heterocycles. The van der Waals surface area contributed by atoms with Gasteiger partial charge in [0.25, 0.3) is 5.91 Å². The molecule has 0 unspecified atom stereocenters. The van der Waals surface area contributed by atoms with Gasteiger partial charge < -0.3 is 9.64 Å². The molecule has 4 rings (SSSR count). The number of nitrogens with zero attached hydrogens (tertiary/aromatic N) is 1. The number of carbonyl (C=O) groups is 1. The molecule has 0 saturated heterocycles. The number of rotatable bonds is 5. The van der Waals surface area contributed by atoms with Crippen LogP contribution in [0.2, 0.25) is 0 Å². The molecule has 0 fully saturated rings. The number of hydrogen-bond donors (Lipinski definition) is 0. The van der Waals surface area contributed by atoms with Crippen molar-refractivity contribution in [1.29, 1.82) is 0 Å². The third-order valence-electron chi connectivity index (χ3n) is 4.74. The minimum atomic E-state index is 0.0470. The molecule has 3 heteroatoms. The van der Waals surface area contributed by atoms with Gasteiger partial charge >= 0.3 is 0 Å². The maximum Gasteiger partial charge on any atom is 0.258 e. The summed E-state index contributed by atoms with van der Waals surface area (Å²) in [4.78, 5) is 14.7. The maximum atomic E-state index is 12.8. The largest absolute Gasteiger partial charge is 0.493 e. The fourth-order valence-corrected chi connectivity index (χ4v) is 3.33. The molecule has 0 atom stereocenters. The molecular formula is C23H21NO2. The number of para-hydroxylation sites is 1. The lowest BCUT2D eigenvalue weighted by Crippen LogP contribution is -2.28. The van der Waals surface area contributed by atoms with Gasteiger partial charge in [-0.05, 0) is 47.9 Å². The van der Waals surface area contributed by atoms with Crippen molar-refractivity contribution < 1.29 is 9.53 Å². The SMILES string of the molecule is O=C(c1ccc(OCCc2ccccc2)cc1)N1CCc2ccccc21. The lowest BCUT2D eigenvalue weighted by atomic mass is 10.1. The average Bonchev–Trinajstić information content (AvgIpc) is 3.13. The molecule has 0 saturated carbocycles. The van der Waals surface area contributed by atoms with Gasteiger partial charge in [-0.1, -0.05) is 48.5 Å². The highest BCUT2D eigenvalue weighted by molar-refractivity contribution is 6.07. The Labute approximate surface area is 153 Å². The fourth-order valence-electron chi connectivity index (χ4n) is 3.33. The molecular weight excluding hydrogens is 322 g/mol. The summed E-state index contributed by atoms with van der Waals surface area (Å²) in [6.07, 6.45) is 1.79. The Hall–Kier alpha value is -3.07. The predicted octanol–water partition coefficient (Wildman–Crippen LogP) is 4.51. The van der Waals surface area contributed by atoms with Crippen LogP contribution in [0, 0.1) is 0 Å². The molecule has 0 N–H and O–H groups in total. The van der Waals surface area contributed by atoms with Crippen molar-refractivity contribution in [3.63, 3.8) is 0 Å². The molecule has 1 heterocycles. The first-order valence-corrected chi connectivity index (χ1v) is 8.98. The van der Waals surface area contributed by atoms with Crippen LogP contribution < -0.4 is 9.64 Å². The molecule has 1 aliphatic rings. The molecule has 3 aromatic rings. The Morgan fingerprint density at radius 1 is 0.885 bits per heavy atom. The molecule has 0 spiro atoms. The van der Waals surface area contributed by atoms with Crippen LogP contribution >= 0.6 is 0 Å². The molecule has 0 aliphatic carbocycles. The lowest BCUT2D eigenvalue weighted by Gasteiger charge is -2.17. The van der Waals surface area contributed by atoms with Gasteiger partial charge in [0.2, 0.25) is 0 Å². The average molecular weight is 343 g/mol. The highest BCUT2D eigenvalue weighted by Gasteiger charge is 2.24. The minimum absolute atomic E-state index is 0.0470. The molecule has 130 valence electrons. The smallest absolute Gasteiger partial charge is 0.258 e. The van der Waals surface area contributed by atoms with E-state index in [4.69, 9.17) is 4.74 Å². The van der Waals surface area contributed by atoms with Crippen molar-refractivity contribution in [3.05, 3.63) is 95.6 Å². The van der Waals surface area contributed by atoms with Crippen molar-refractivity contribution in [1.82, 2.24) is 0 Å². The van der Waals surface area contributed by atoms with E-state index < -0.39 is 0 Å². The van der Waals surface area contributed by atoms with Crippen molar-refractivity contribution in [2.75, 3.05) is 18.1 Å². The van der Waals surface area contributed by atoms with E-state index in [1.807, 2.05) is 65.6 Å². The van der Waals surface area contributed by atoms with E-state index in [9.17, 15) is 4.79 Å². The molecule has 3 nitrogen and oxygen atoms in total. The Morgan fingerprint density at radius 3 is 2.42 bits per heavy atom. The van der Waals surface area contributed by atoms with Gasteiger partial charge in [-0.3, -0.25) is 4.79 Å². The van der Waals surface area contributed by atoms with Crippen LogP contribution in [0.1, 0.15) is 21.5 Å². The van der Waals surface area contributed by atoms with E-state index in [2.05, 4.69) is 18.2 Å². The number of benzene rings is 3. The quantitative estimate of drug-likeness (QED) is 0.682. The Balaban J connectivity index is 1.38. The third-order valence-corrected chi connectivity index (χ3v) is 4.74. The minimum Gasteiger partial charge on any atom is -0.493 e. The summed E-state index contributed by atoms with van der Waals surface area (Å²) in [7, 11) is 0. The van der Waals surface area contributed by atoms with Gasteiger partial charge in [-0.25, -0.2) is 0 Å². The van der Waals surface area contributed by atoms with E-state index in [1.165, 1.54) is 11.1 Å². The van der Waals surface area contributed by atoms with Crippen LogP contribution in [0.25, 0.3) is 0 Å². The summed E-state index contributed by atoms with van der Waals surface area (Å²) in [6, 6.07) is 25.8. The van der Waals surface area contributed by atoms with Crippen molar-refractivity contribution >= 4 is 11.6 Å². The number of amides is 1. The fraction of sp³-hybridized carbons (Fsp3) is 0.174. The first kappa shape index (κ1) is 16.4. The molecule has 0 bridgehead atoms. The molecule has 1 aliphatic heterocycles. The predicted molar refractivity (Wildman–Crippen MR) is 104 cm³/mol. The maximum absolute atomic E-state index is 12.8. The number of fused-ring (bicyclic) bond motifs is 1. The van der Waals surface area contributed by atoms with Crippen LogP contribution in [0.5, 0.6) is 5.75 Å². The molecule has 0 radical (unpaired) electrons. The highest BCUT2D eigenvalue weighted by atomic mass is 16.5. The third kappa shape index (κ3) is 3.47. The first-order chi connectivity index (χ1) is 12.8. The highest BCUT2D eigenvalue weighted by Crippen LogP contribution is 2.29.